The van der Waals surface area contributed by atoms with E-state index in [0.717, 1.165) is 31.3 Å². The van der Waals surface area contributed by atoms with Gasteiger partial charge in [0.15, 0.2) is 5.78 Å². The van der Waals surface area contributed by atoms with Crippen LogP contribution in [0.15, 0.2) is 24.3 Å². The number of carbonyl (C=O) groups is 1. The Labute approximate surface area is 86.9 Å². The summed E-state index contributed by atoms with van der Waals surface area (Å²) >= 11 is 0. The third-order valence-electron chi connectivity index (χ3n) is 2.91. The molecule has 0 N–H and O–H groups in total. The van der Waals surface area contributed by atoms with Crippen molar-refractivity contribution in [2.75, 3.05) is 0 Å². The van der Waals surface area contributed by atoms with Gasteiger partial charge in [0.05, 0.1) is 0 Å². The molecule has 0 spiro atoms. The van der Waals surface area contributed by atoms with Crippen molar-refractivity contribution in [1.82, 2.24) is 0 Å². The Bertz CT molecular complexity index is 258. The second-order valence-electron chi connectivity index (χ2n) is 4.85. The van der Waals surface area contributed by atoms with Crippen LogP contribution in [0, 0.1) is 5.41 Å². The summed E-state index contributed by atoms with van der Waals surface area (Å²) in [7, 11) is 0. The van der Waals surface area contributed by atoms with Crippen molar-refractivity contribution in [3.8, 4) is 0 Å². The molecule has 0 aromatic heterocycles. The number of carbonyl (C=O) groups excluding carboxylic acids is 1. The van der Waals surface area contributed by atoms with E-state index in [1.807, 2.05) is 6.08 Å². The molecule has 78 valence electrons. The molecule has 0 saturated heterocycles. The van der Waals surface area contributed by atoms with Crippen molar-refractivity contribution in [3.63, 3.8) is 0 Å². The molecule has 1 aliphatic carbocycles. The first-order valence-electron chi connectivity index (χ1n) is 5.38. The van der Waals surface area contributed by atoms with Crippen molar-refractivity contribution in [2.24, 2.45) is 5.41 Å². The quantitative estimate of drug-likeness (QED) is 0.621. The molecule has 0 aliphatic heterocycles. The lowest BCUT2D eigenvalue weighted by Gasteiger charge is -2.28. The summed E-state index contributed by atoms with van der Waals surface area (Å²) in [6.45, 7) is 8.15. The molecule has 0 heterocycles. The second kappa shape index (κ2) is 4.59. The van der Waals surface area contributed by atoms with E-state index in [9.17, 15) is 4.79 Å². The van der Waals surface area contributed by atoms with Crippen LogP contribution in [0.1, 0.15) is 46.0 Å². The minimum atomic E-state index is 0.320. The van der Waals surface area contributed by atoms with Gasteiger partial charge < -0.3 is 0 Å². The molecule has 0 bridgehead atoms. The number of rotatable bonds is 4. The van der Waals surface area contributed by atoms with Gasteiger partial charge in [-0.15, -0.1) is 6.58 Å². The molecule has 0 aromatic rings. The summed E-state index contributed by atoms with van der Waals surface area (Å²) < 4.78 is 0. The lowest BCUT2D eigenvalue weighted by Crippen LogP contribution is -2.17. The Hall–Kier alpha value is -0.850. The van der Waals surface area contributed by atoms with Crippen LogP contribution in [0.25, 0.3) is 0 Å². The molecule has 0 fully saturated rings. The average Bonchev–Trinajstić information content (AvgIpc) is 2.14. The van der Waals surface area contributed by atoms with E-state index in [0.29, 0.717) is 17.6 Å². The molecular weight excluding hydrogens is 172 g/mol. The minimum absolute atomic E-state index is 0.320. The van der Waals surface area contributed by atoms with E-state index >= 15 is 0 Å². The molecule has 0 aromatic carbocycles. The molecule has 0 unspecified atom stereocenters. The van der Waals surface area contributed by atoms with Gasteiger partial charge in [-0.2, -0.15) is 0 Å². The van der Waals surface area contributed by atoms with E-state index in [2.05, 4.69) is 26.5 Å². The molecular formula is C13H20O. The Morgan fingerprint density at radius 2 is 2.36 bits per heavy atom. The van der Waals surface area contributed by atoms with Crippen molar-refractivity contribution >= 4 is 5.78 Å². The maximum Gasteiger partial charge on any atom is 0.158 e. The molecule has 1 heteroatoms. The zero-order chi connectivity index (χ0) is 10.6. The molecule has 14 heavy (non-hydrogen) atoms. The fourth-order valence-electron chi connectivity index (χ4n) is 1.72. The molecule has 1 nitrogen and oxygen atoms in total. The molecule has 0 radical (unpaired) electrons. The Kier molecular flexibility index (Phi) is 3.68. The van der Waals surface area contributed by atoms with Crippen molar-refractivity contribution in [1.29, 1.82) is 0 Å². The highest BCUT2D eigenvalue weighted by Gasteiger charge is 2.23. The molecule has 1 aliphatic rings. The highest BCUT2D eigenvalue weighted by molar-refractivity contribution is 5.95. The van der Waals surface area contributed by atoms with E-state index < -0.39 is 0 Å². The Morgan fingerprint density at radius 1 is 1.64 bits per heavy atom. The van der Waals surface area contributed by atoms with Crippen molar-refractivity contribution in [2.45, 2.75) is 46.0 Å². The summed E-state index contributed by atoms with van der Waals surface area (Å²) in [4.78, 5) is 11.7. The summed E-state index contributed by atoms with van der Waals surface area (Å²) in [5.41, 5.74) is 1.44. The molecule has 0 saturated carbocycles. The van der Waals surface area contributed by atoms with E-state index in [1.54, 1.807) is 0 Å². The highest BCUT2D eigenvalue weighted by Crippen LogP contribution is 2.34. The first-order chi connectivity index (χ1) is 6.55. The predicted octanol–water partition coefficient (Wildman–Crippen LogP) is 3.66. The average molecular weight is 192 g/mol. The predicted molar refractivity (Wildman–Crippen MR) is 60.2 cm³/mol. The normalized spacial score (nSPS) is 20.0. The van der Waals surface area contributed by atoms with Gasteiger partial charge >= 0.3 is 0 Å². The van der Waals surface area contributed by atoms with Gasteiger partial charge in [0.2, 0.25) is 0 Å². The lowest BCUT2D eigenvalue weighted by atomic mass is 9.77. The number of hydrogen-bond acceptors (Lipinski definition) is 1. The number of allylic oxidation sites excluding steroid dienone is 3. The van der Waals surface area contributed by atoms with Gasteiger partial charge in [-0.25, -0.2) is 0 Å². The van der Waals surface area contributed by atoms with Crippen molar-refractivity contribution < 1.29 is 4.79 Å². The summed E-state index contributed by atoms with van der Waals surface area (Å²) in [6, 6.07) is 0. The van der Waals surface area contributed by atoms with Gasteiger partial charge in [-0.1, -0.05) is 26.0 Å². The van der Waals surface area contributed by atoms with Crippen LogP contribution in [0.4, 0.5) is 0 Å². The summed E-state index contributed by atoms with van der Waals surface area (Å²) in [5.74, 6) is 0.320. The summed E-state index contributed by atoms with van der Waals surface area (Å²) in [5, 5.41) is 0. The van der Waals surface area contributed by atoms with Gasteiger partial charge in [-0.3, -0.25) is 4.79 Å². The number of hydrogen-bond donors (Lipinski definition) is 0. The van der Waals surface area contributed by atoms with Gasteiger partial charge in [0, 0.05) is 6.42 Å². The first kappa shape index (κ1) is 11.2. The lowest BCUT2D eigenvalue weighted by molar-refractivity contribution is -0.115. The molecule has 0 atom stereocenters. The van der Waals surface area contributed by atoms with Crippen LogP contribution >= 0.6 is 0 Å². The third kappa shape index (κ3) is 3.13. The van der Waals surface area contributed by atoms with Crippen LogP contribution in [0.3, 0.4) is 0 Å². The van der Waals surface area contributed by atoms with E-state index in [4.69, 9.17) is 0 Å². The number of Topliss-reactive ketones (excluding diaryl/α,β-unsaturated/α-hetero) is 1. The largest absolute Gasteiger partial charge is 0.295 e. The Balaban J connectivity index is 2.50. The van der Waals surface area contributed by atoms with Gasteiger partial charge in [0.1, 0.15) is 0 Å². The fourth-order valence-corrected chi connectivity index (χ4v) is 1.72. The SMILES string of the molecule is C=CCCC(=O)C1=CCC(C)(C)CC1. The molecule has 1 rings (SSSR count). The summed E-state index contributed by atoms with van der Waals surface area (Å²) in [6.07, 6.45) is 8.53. The maximum atomic E-state index is 11.7. The van der Waals surface area contributed by atoms with Crippen LogP contribution in [0.2, 0.25) is 0 Å². The van der Waals surface area contributed by atoms with E-state index in [-0.39, 0.29) is 0 Å². The van der Waals surface area contributed by atoms with Crippen LogP contribution in [-0.2, 0) is 4.79 Å². The minimum Gasteiger partial charge on any atom is -0.295 e. The number of ketones is 1. The van der Waals surface area contributed by atoms with Gasteiger partial charge in [-0.05, 0) is 36.7 Å². The zero-order valence-electron chi connectivity index (χ0n) is 9.31. The van der Waals surface area contributed by atoms with Crippen LogP contribution in [0.5, 0.6) is 0 Å². The van der Waals surface area contributed by atoms with Crippen molar-refractivity contribution in [3.05, 3.63) is 24.3 Å². The zero-order valence-corrected chi connectivity index (χ0v) is 9.31. The topological polar surface area (TPSA) is 17.1 Å². The first-order valence-corrected chi connectivity index (χ1v) is 5.38. The third-order valence-corrected chi connectivity index (χ3v) is 2.91. The van der Waals surface area contributed by atoms with E-state index in [1.165, 1.54) is 0 Å². The molecule has 0 amide bonds. The Morgan fingerprint density at radius 3 is 2.86 bits per heavy atom. The van der Waals surface area contributed by atoms with Gasteiger partial charge in [0.25, 0.3) is 0 Å². The smallest absolute Gasteiger partial charge is 0.158 e. The fraction of sp³-hybridized carbons (Fsp3) is 0.615. The maximum absolute atomic E-state index is 11.7. The standard InChI is InChI=1S/C13H20O/c1-4-5-6-12(14)11-7-9-13(2,3)10-8-11/h4,7H,1,5-6,8-10H2,2-3H3. The van der Waals surface area contributed by atoms with Crippen LogP contribution < -0.4 is 0 Å². The second-order valence-corrected chi connectivity index (χ2v) is 4.85. The highest BCUT2D eigenvalue weighted by atomic mass is 16.1. The van der Waals surface area contributed by atoms with Crippen LogP contribution in [-0.4, -0.2) is 5.78 Å². The monoisotopic (exact) mass is 192 g/mol.